The zero-order chi connectivity index (χ0) is 20.9. The fraction of sp³-hybridized carbons (Fsp3) is 0.0909. The molecule has 1 amide bonds. The van der Waals surface area contributed by atoms with Crippen molar-refractivity contribution >= 4 is 23.4 Å². The zero-order valence-electron chi connectivity index (χ0n) is 16.1. The van der Waals surface area contributed by atoms with Crippen LogP contribution in [0.2, 0.25) is 0 Å². The van der Waals surface area contributed by atoms with Crippen molar-refractivity contribution in [2.75, 3.05) is 5.32 Å². The van der Waals surface area contributed by atoms with E-state index in [0.717, 1.165) is 16.8 Å². The molecule has 150 valence electrons. The molecule has 4 aromatic rings. The van der Waals surface area contributed by atoms with Crippen LogP contribution in [-0.4, -0.2) is 26.1 Å². The smallest absolute Gasteiger partial charge is 0.242 e. The van der Waals surface area contributed by atoms with Gasteiger partial charge < -0.3 is 5.32 Å². The molecule has 0 saturated carbocycles. The first-order valence-corrected chi connectivity index (χ1v) is 10.1. The first kappa shape index (κ1) is 19.8. The van der Waals surface area contributed by atoms with Crippen LogP contribution in [0.5, 0.6) is 0 Å². The van der Waals surface area contributed by atoms with Gasteiger partial charge in [-0.1, -0.05) is 60.3 Å². The van der Waals surface area contributed by atoms with E-state index in [0.29, 0.717) is 10.8 Å². The summed E-state index contributed by atoms with van der Waals surface area (Å²) in [6.45, 7) is 1.97. The second kappa shape index (κ2) is 8.87. The van der Waals surface area contributed by atoms with Crippen molar-refractivity contribution in [1.82, 2.24) is 20.2 Å². The van der Waals surface area contributed by atoms with E-state index in [1.165, 1.54) is 36.0 Å². The molecule has 0 aliphatic heterocycles. The summed E-state index contributed by atoms with van der Waals surface area (Å²) in [5.74, 6) is -0.614. The standard InChI is InChI=1S/C22H18FN5OS/c1-15-7-5-6-10-19(15)28-22(25-26-27-28)30-20(16-8-3-2-4-9-16)21(29)24-18-13-11-17(23)12-14-18/h2-14,20H,1H3,(H,24,29). The third kappa shape index (κ3) is 4.38. The molecule has 8 heteroatoms. The van der Waals surface area contributed by atoms with Gasteiger partial charge in [0.1, 0.15) is 11.1 Å². The van der Waals surface area contributed by atoms with Gasteiger partial charge in [0, 0.05) is 5.69 Å². The Kier molecular flexibility index (Phi) is 5.85. The van der Waals surface area contributed by atoms with Gasteiger partial charge in [0.2, 0.25) is 11.1 Å². The number of tetrazole rings is 1. The van der Waals surface area contributed by atoms with Crippen LogP contribution in [0.4, 0.5) is 10.1 Å². The average molecular weight is 419 g/mol. The van der Waals surface area contributed by atoms with Gasteiger partial charge in [-0.15, -0.1) is 5.10 Å². The number of carbonyl (C=O) groups excluding carboxylic acids is 1. The molecule has 0 saturated heterocycles. The van der Waals surface area contributed by atoms with Crippen molar-refractivity contribution in [3.63, 3.8) is 0 Å². The average Bonchev–Trinajstić information content (AvgIpc) is 3.22. The van der Waals surface area contributed by atoms with E-state index in [9.17, 15) is 9.18 Å². The van der Waals surface area contributed by atoms with Gasteiger partial charge in [-0.2, -0.15) is 4.68 Å². The second-order valence-corrected chi connectivity index (χ2v) is 7.64. The van der Waals surface area contributed by atoms with E-state index in [2.05, 4.69) is 20.8 Å². The van der Waals surface area contributed by atoms with E-state index >= 15 is 0 Å². The summed E-state index contributed by atoms with van der Waals surface area (Å²) in [6.07, 6.45) is 0. The topological polar surface area (TPSA) is 72.7 Å². The van der Waals surface area contributed by atoms with Crippen LogP contribution in [0.25, 0.3) is 5.69 Å². The Hall–Kier alpha value is -3.52. The minimum Gasteiger partial charge on any atom is -0.325 e. The first-order valence-electron chi connectivity index (χ1n) is 9.24. The summed E-state index contributed by atoms with van der Waals surface area (Å²) >= 11 is 1.25. The second-order valence-electron chi connectivity index (χ2n) is 6.56. The number of nitrogens with one attached hydrogen (secondary N) is 1. The number of aromatic nitrogens is 4. The number of anilines is 1. The number of amides is 1. The molecule has 0 radical (unpaired) electrons. The normalized spacial score (nSPS) is 11.8. The fourth-order valence-corrected chi connectivity index (χ4v) is 3.94. The number of carbonyl (C=O) groups is 1. The number of hydrogen-bond acceptors (Lipinski definition) is 5. The molecule has 3 aromatic carbocycles. The van der Waals surface area contributed by atoms with Gasteiger partial charge in [0.15, 0.2) is 0 Å². The zero-order valence-corrected chi connectivity index (χ0v) is 16.9. The Morgan fingerprint density at radius 1 is 1.00 bits per heavy atom. The Labute approximate surface area is 177 Å². The lowest BCUT2D eigenvalue weighted by molar-refractivity contribution is -0.115. The van der Waals surface area contributed by atoms with Gasteiger partial charge in [-0.3, -0.25) is 4.79 Å². The quantitative estimate of drug-likeness (QED) is 0.463. The van der Waals surface area contributed by atoms with Crippen molar-refractivity contribution in [3.05, 3.63) is 95.8 Å². The van der Waals surface area contributed by atoms with Gasteiger partial charge in [-0.25, -0.2) is 4.39 Å². The van der Waals surface area contributed by atoms with E-state index in [-0.39, 0.29) is 11.7 Å². The van der Waals surface area contributed by atoms with Crippen molar-refractivity contribution in [2.24, 2.45) is 0 Å². The Bertz CT molecular complexity index is 1150. The largest absolute Gasteiger partial charge is 0.325 e. The number of aryl methyl sites for hydroxylation is 1. The van der Waals surface area contributed by atoms with Crippen molar-refractivity contribution in [2.45, 2.75) is 17.3 Å². The number of rotatable bonds is 6. The summed E-state index contributed by atoms with van der Waals surface area (Å²) in [6, 6.07) is 22.8. The van der Waals surface area contributed by atoms with Crippen LogP contribution in [-0.2, 0) is 4.79 Å². The molecule has 1 unspecified atom stereocenters. The number of thioether (sulfide) groups is 1. The Morgan fingerprint density at radius 3 is 2.43 bits per heavy atom. The maximum Gasteiger partial charge on any atom is 0.242 e. The summed E-state index contributed by atoms with van der Waals surface area (Å²) in [7, 11) is 0. The van der Waals surface area contributed by atoms with E-state index in [1.807, 2.05) is 61.5 Å². The fourth-order valence-electron chi connectivity index (χ4n) is 2.95. The molecule has 30 heavy (non-hydrogen) atoms. The molecule has 4 rings (SSSR count). The van der Waals surface area contributed by atoms with Crippen LogP contribution in [0.3, 0.4) is 0 Å². The molecule has 0 aliphatic carbocycles. The van der Waals surface area contributed by atoms with Gasteiger partial charge >= 0.3 is 0 Å². The summed E-state index contributed by atoms with van der Waals surface area (Å²) < 4.78 is 14.8. The highest BCUT2D eigenvalue weighted by atomic mass is 32.2. The van der Waals surface area contributed by atoms with E-state index in [1.54, 1.807) is 4.68 Å². The molecule has 0 aliphatic rings. The highest BCUT2D eigenvalue weighted by Crippen LogP contribution is 2.36. The lowest BCUT2D eigenvalue weighted by Gasteiger charge is -2.17. The van der Waals surface area contributed by atoms with Crippen molar-refractivity contribution < 1.29 is 9.18 Å². The van der Waals surface area contributed by atoms with Crippen LogP contribution in [0.1, 0.15) is 16.4 Å². The SMILES string of the molecule is Cc1ccccc1-n1nnnc1SC(C(=O)Nc1ccc(F)cc1)c1ccccc1. The first-order chi connectivity index (χ1) is 14.6. The molecule has 1 atom stereocenters. The van der Waals surface area contributed by atoms with Gasteiger partial charge in [0.05, 0.1) is 5.69 Å². The molecule has 6 nitrogen and oxygen atoms in total. The lowest BCUT2D eigenvalue weighted by atomic mass is 10.1. The third-order valence-corrected chi connectivity index (χ3v) is 5.65. The molecule has 0 spiro atoms. The van der Waals surface area contributed by atoms with Crippen LogP contribution in [0, 0.1) is 12.7 Å². The molecule has 0 bridgehead atoms. The summed E-state index contributed by atoms with van der Waals surface area (Å²) in [4.78, 5) is 13.1. The van der Waals surface area contributed by atoms with Crippen LogP contribution < -0.4 is 5.32 Å². The highest BCUT2D eigenvalue weighted by Gasteiger charge is 2.25. The molecule has 1 N–H and O–H groups in total. The van der Waals surface area contributed by atoms with Gasteiger partial charge in [-0.05, 0) is 58.8 Å². The highest BCUT2D eigenvalue weighted by molar-refractivity contribution is 8.00. The predicted molar refractivity (Wildman–Crippen MR) is 114 cm³/mol. The van der Waals surface area contributed by atoms with Crippen LogP contribution in [0.15, 0.2) is 84.0 Å². The summed E-state index contributed by atoms with van der Waals surface area (Å²) in [5, 5.41) is 14.8. The number of hydrogen-bond donors (Lipinski definition) is 1. The molecule has 1 heterocycles. The summed E-state index contributed by atoms with van der Waals surface area (Å²) in [5.41, 5.74) is 3.18. The predicted octanol–water partition coefficient (Wildman–Crippen LogP) is 4.58. The Balaban J connectivity index is 1.65. The van der Waals surface area contributed by atoms with Crippen molar-refractivity contribution in [3.8, 4) is 5.69 Å². The Morgan fingerprint density at radius 2 is 1.70 bits per heavy atom. The minimum absolute atomic E-state index is 0.253. The number of nitrogens with zero attached hydrogens (tertiary/aromatic N) is 4. The molecule has 1 aromatic heterocycles. The maximum atomic E-state index is 13.2. The molecular formula is C22H18FN5OS. The lowest BCUT2D eigenvalue weighted by Crippen LogP contribution is -2.19. The third-order valence-electron chi connectivity index (χ3n) is 4.46. The molecular weight excluding hydrogens is 401 g/mol. The van der Waals surface area contributed by atoms with E-state index < -0.39 is 5.25 Å². The number of benzene rings is 3. The van der Waals surface area contributed by atoms with Crippen molar-refractivity contribution in [1.29, 1.82) is 0 Å². The van der Waals surface area contributed by atoms with Gasteiger partial charge in [0.25, 0.3) is 0 Å². The van der Waals surface area contributed by atoms with E-state index in [4.69, 9.17) is 0 Å². The van der Waals surface area contributed by atoms with Crippen LogP contribution >= 0.6 is 11.8 Å². The monoisotopic (exact) mass is 419 g/mol. The minimum atomic E-state index is -0.606. The molecule has 0 fully saturated rings. The number of halogens is 1. The maximum absolute atomic E-state index is 13.2. The number of para-hydroxylation sites is 1.